The van der Waals surface area contributed by atoms with Crippen molar-refractivity contribution in [3.63, 3.8) is 0 Å². The third kappa shape index (κ3) is 1.64. The van der Waals surface area contributed by atoms with E-state index in [1.165, 1.54) is 4.68 Å². The fourth-order valence-electron chi connectivity index (χ4n) is 2.31. The minimum absolute atomic E-state index is 0.120. The summed E-state index contributed by atoms with van der Waals surface area (Å²) in [7, 11) is 0. The van der Waals surface area contributed by atoms with E-state index in [1.807, 2.05) is 4.90 Å². The third-order valence-electron chi connectivity index (χ3n) is 3.47. The van der Waals surface area contributed by atoms with Crippen LogP contribution < -0.4 is 10.2 Å². The number of hydrogen-bond acceptors (Lipinski definition) is 5. The van der Waals surface area contributed by atoms with E-state index < -0.39 is 6.17 Å². The summed E-state index contributed by atoms with van der Waals surface area (Å²) in [6, 6.07) is 0. The Labute approximate surface area is 113 Å². The van der Waals surface area contributed by atoms with Crippen LogP contribution in [0.4, 0.5) is 10.2 Å². The normalized spacial score (nSPS) is 17.9. The van der Waals surface area contributed by atoms with E-state index in [1.54, 1.807) is 18.6 Å². The van der Waals surface area contributed by atoms with Gasteiger partial charge in [0, 0.05) is 6.20 Å². The van der Waals surface area contributed by atoms with Gasteiger partial charge in [-0.3, -0.25) is 4.79 Å². The van der Waals surface area contributed by atoms with E-state index in [0.717, 1.165) is 0 Å². The lowest BCUT2D eigenvalue weighted by atomic mass is 10.2. The molecule has 0 unspecified atom stereocenters. The second-order valence-electron chi connectivity index (χ2n) is 4.85. The molecule has 0 spiro atoms. The van der Waals surface area contributed by atoms with E-state index >= 15 is 0 Å². The van der Waals surface area contributed by atoms with Crippen LogP contribution >= 0.6 is 0 Å². The van der Waals surface area contributed by atoms with Gasteiger partial charge in [0.1, 0.15) is 12.0 Å². The van der Waals surface area contributed by atoms with Gasteiger partial charge in [-0.2, -0.15) is 5.10 Å². The molecule has 1 N–H and O–H groups in total. The Hall–Kier alpha value is -2.51. The molecule has 1 fully saturated rings. The van der Waals surface area contributed by atoms with Gasteiger partial charge in [-0.05, 0) is 0 Å². The zero-order valence-electron chi connectivity index (χ0n) is 10.5. The molecule has 0 bridgehead atoms. The van der Waals surface area contributed by atoms with Crippen molar-refractivity contribution in [3.05, 3.63) is 29.8 Å². The number of alkyl halides is 1. The fourth-order valence-corrected chi connectivity index (χ4v) is 2.31. The van der Waals surface area contributed by atoms with E-state index in [2.05, 4.69) is 20.4 Å². The van der Waals surface area contributed by atoms with Gasteiger partial charge in [-0.25, -0.2) is 19.0 Å². The topological polar surface area (TPSA) is 75.9 Å². The Balaban J connectivity index is 1.60. The number of anilines is 1. The van der Waals surface area contributed by atoms with E-state index in [-0.39, 0.29) is 5.91 Å². The standard InChI is InChI=1S/C12H11FN6O/c13-7-4-18(5-7)10-2-15-11(3-14-10)19-6-8-9(17-19)1-16-12(8)20/h2-3,6-7H,1,4-5H2,(H,16,20). The van der Waals surface area contributed by atoms with Crippen molar-refractivity contribution >= 4 is 11.7 Å². The summed E-state index contributed by atoms with van der Waals surface area (Å²) in [6.45, 7) is 1.17. The van der Waals surface area contributed by atoms with Crippen LogP contribution in [0, 0.1) is 0 Å². The van der Waals surface area contributed by atoms with Gasteiger partial charge in [0.15, 0.2) is 5.82 Å². The largest absolute Gasteiger partial charge is 0.349 e. The van der Waals surface area contributed by atoms with Crippen LogP contribution in [0.3, 0.4) is 0 Å². The van der Waals surface area contributed by atoms with Crippen LogP contribution in [0.5, 0.6) is 0 Å². The summed E-state index contributed by atoms with van der Waals surface area (Å²) in [6.07, 6.45) is 4.03. The summed E-state index contributed by atoms with van der Waals surface area (Å²) in [4.78, 5) is 21.8. The number of carbonyl (C=O) groups is 1. The highest BCUT2D eigenvalue weighted by Gasteiger charge is 2.27. The number of amides is 1. The van der Waals surface area contributed by atoms with Crippen LogP contribution in [0.1, 0.15) is 16.1 Å². The fraction of sp³-hybridized carbons (Fsp3) is 0.333. The minimum Gasteiger partial charge on any atom is -0.349 e. The number of carbonyl (C=O) groups excluding carboxylic acids is 1. The molecule has 2 aromatic rings. The second kappa shape index (κ2) is 3.99. The van der Waals surface area contributed by atoms with Gasteiger partial charge in [-0.1, -0.05) is 0 Å². The number of hydrogen-bond donors (Lipinski definition) is 1. The molecular formula is C12H11FN6O. The molecule has 0 radical (unpaired) electrons. The Bertz CT molecular complexity index is 676. The monoisotopic (exact) mass is 274 g/mol. The number of halogens is 1. The van der Waals surface area contributed by atoms with Crippen LogP contribution in [0.15, 0.2) is 18.6 Å². The Morgan fingerprint density at radius 1 is 1.25 bits per heavy atom. The molecule has 2 aliphatic rings. The molecule has 7 nitrogen and oxygen atoms in total. The average molecular weight is 274 g/mol. The minimum atomic E-state index is -0.774. The molecule has 4 heterocycles. The van der Waals surface area contributed by atoms with Gasteiger partial charge in [0.25, 0.3) is 5.91 Å². The van der Waals surface area contributed by atoms with E-state index in [0.29, 0.717) is 42.5 Å². The van der Waals surface area contributed by atoms with Crippen LogP contribution in [0.2, 0.25) is 0 Å². The highest BCUT2D eigenvalue weighted by molar-refractivity contribution is 5.97. The highest BCUT2D eigenvalue weighted by atomic mass is 19.1. The molecule has 1 saturated heterocycles. The molecule has 4 rings (SSSR count). The van der Waals surface area contributed by atoms with Crippen LogP contribution in [-0.2, 0) is 6.54 Å². The lowest BCUT2D eigenvalue weighted by molar-refractivity contribution is 0.0965. The Kier molecular flexibility index (Phi) is 2.26. The Morgan fingerprint density at radius 3 is 2.65 bits per heavy atom. The molecule has 2 aromatic heterocycles. The van der Waals surface area contributed by atoms with Crippen molar-refractivity contribution in [2.45, 2.75) is 12.7 Å². The summed E-state index contributed by atoms with van der Waals surface area (Å²) < 4.78 is 14.3. The number of nitrogens with zero attached hydrogens (tertiary/aromatic N) is 5. The van der Waals surface area contributed by atoms with Gasteiger partial charge in [-0.15, -0.1) is 0 Å². The Morgan fingerprint density at radius 2 is 2.00 bits per heavy atom. The molecule has 0 aromatic carbocycles. The first kappa shape index (κ1) is 11.3. The molecule has 102 valence electrons. The number of aromatic nitrogens is 4. The summed E-state index contributed by atoms with van der Waals surface area (Å²) in [5.74, 6) is 1.07. The van der Waals surface area contributed by atoms with Crippen molar-refractivity contribution in [3.8, 4) is 5.82 Å². The zero-order chi connectivity index (χ0) is 13.7. The first-order valence-electron chi connectivity index (χ1n) is 6.29. The maximum absolute atomic E-state index is 12.8. The summed E-state index contributed by atoms with van der Waals surface area (Å²) in [5.41, 5.74) is 1.28. The first-order valence-corrected chi connectivity index (χ1v) is 6.29. The molecule has 0 atom stereocenters. The molecule has 0 aliphatic carbocycles. The summed E-state index contributed by atoms with van der Waals surface area (Å²) >= 11 is 0. The SMILES string of the molecule is O=C1NCc2nn(-c3cnc(N4CC(F)C4)cn3)cc21. The molecule has 0 saturated carbocycles. The van der Waals surface area contributed by atoms with Gasteiger partial charge in [0.2, 0.25) is 0 Å². The smallest absolute Gasteiger partial charge is 0.255 e. The molecule has 1 amide bonds. The van der Waals surface area contributed by atoms with Gasteiger partial charge < -0.3 is 10.2 Å². The van der Waals surface area contributed by atoms with Crippen molar-refractivity contribution in [1.82, 2.24) is 25.1 Å². The maximum atomic E-state index is 12.8. The third-order valence-corrected chi connectivity index (χ3v) is 3.47. The van der Waals surface area contributed by atoms with E-state index in [9.17, 15) is 9.18 Å². The van der Waals surface area contributed by atoms with Crippen molar-refractivity contribution in [2.24, 2.45) is 0 Å². The van der Waals surface area contributed by atoms with Crippen molar-refractivity contribution in [2.75, 3.05) is 18.0 Å². The molecular weight excluding hydrogens is 263 g/mol. The highest BCUT2D eigenvalue weighted by Crippen LogP contribution is 2.20. The lowest BCUT2D eigenvalue weighted by Crippen LogP contribution is -2.48. The lowest BCUT2D eigenvalue weighted by Gasteiger charge is -2.34. The maximum Gasteiger partial charge on any atom is 0.255 e. The number of fused-ring (bicyclic) bond motifs is 1. The predicted octanol–water partition coefficient (Wildman–Crippen LogP) is 0.0638. The van der Waals surface area contributed by atoms with Crippen molar-refractivity contribution in [1.29, 1.82) is 0 Å². The van der Waals surface area contributed by atoms with Crippen LogP contribution in [-0.4, -0.2) is 44.9 Å². The van der Waals surface area contributed by atoms with E-state index in [4.69, 9.17) is 0 Å². The zero-order valence-corrected chi connectivity index (χ0v) is 10.5. The average Bonchev–Trinajstić information content (AvgIpc) is 2.98. The van der Waals surface area contributed by atoms with Gasteiger partial charge in [0.05, 0.1) is 43.3 Å². The molecule has 8 heteroatoms. The second-order valence-corrected chi connectivity index (χ2v) is 4.85. The molecule has 2 aliphatic heterocycles. The molecule has 20 heavy (non-hydrogen) atoms. The summed E-state index contributed by atoms with van der Waals surface area (Å²) in [5, 5.41) is 6.98. The predicted molar refractivity (Wildman–Crippen MR) is 67.4 cm³/mol. The van der Waals surface area contributed by atoms with Crippen LogP contribution in [0.25, 0.3) is 5.82 Å². The van der Waals surface area contributed by atoms with Crippen molar-refractivity contribution < 1.29 is 9.18 Å². The number of rotatable bonds is 2. The first-order chi connectivity index (χ1) is 9.70. The van der Waals surface area contributed by atoms with Gasteiger partial charge >= 0.3 is 0 Å². The quantitative estimate of drug-likeness (QED) is 0.838. The number of nitrogens with one attached hydrogen (secondary N) is 1.